The number of benzene rings is 2. The van der Waals surface area contributed by atoms with E-state index in [9.17, 15) is 8.78 Å². The average molecular weight is 359 g/mol. The Kier molecular flexibility index (Phi) is 5.57. The van der Waals surface area contributed by atoms with Crippen molar-refractivity contribution in [2.75, 3.05) is 24.9 Å². The number of rotatable bonds is 4. The van der Waals surface area contributed by atoms with Crippen LogP contribution in [0.15, 0.2) is 30.3 Å². The second-order valence-electron chi connectivity index (χ2n) is 4.39. The van der Waals surface area contributed by atoms with Gasteiger partial charge in [-0.1, -0.05) is 11.6 Å². The van der Waals surface area contributed by atoms with E-state index in [1.807, 2.05) is 0 Å². The molecule has 0 amide bonds. The minimum absolute atomic E-state index is 0.0500. The minimum Gasteiger partial charge on any atom is -0.495 e. The molecule has 0 saturated heterocycles. The third kappa shape index (κ3) is 4.20. The summed E-state index contributed by atoms with van der Waals surface area (Å²) in [4.78, 5) is 0. The molecule has 2 rings (SSSR count). The maximum absolute atomic E-state index is 13.6. The highest BCUT2D eigenvalue weighted by Gasteiger charge is 2.12. The van der Waals surface area contributed by atoms with Gasteiger partial charge in [-0.2, -0.15) is 0 Å². The maximum Gasteiger partial charge on any atom is 0.175 e. The first-order valence-electron chi connectivity index (χ1n) is 6.39. The topological polar surface area (TPSA) is 42.5 Å². The molecule has 8 heteroatoms. The number of thiocarbonyl (C=S) groups is 1. The molecule has 4 nitrogen and oxygen atoms in total. The molecule has 0 radical (unpaired) electrons. The molecule has 0 fully saturated rings. The summed E-state index contributed by atoms with van der Waals surface area (Å²) >= 11 is 11.1. The Morgan fingerprint density at radius 1 is 1.00 bits per heavy atom. The van der Waals surface area contributed by atoms with E-state index in [2.05, 4.69) is 10.6 Å². The van der Waals surface area contributed by atoms with Crippen molar-refractivity contribution in [3.05, 3.63) is 47.0 Å². The molecule has 0 bridgehead atoms. The van der Waals surface area contributed by atoms with E-state index in [0.717, 1.165) is 18.2 Å². The van der Waals surface area contributed by atoms with Crippen LogP contribution < -0.4 is 20.1 Å². The molecule has 0 saturated carbocycles. The van der Waals surface area contributed by atoms with E-state index >= 15 is 0 Å². The predicted molar refractivity (Wildman–Crippen MR) is 90.8 cm³/mol. The molecule has 2 N–H and O–H groups in total. The van der Waals surface area contributed by atoms with Crippen LogP contribution in [0.5, 0.6) is 11.5 Å². The molecular weight excluding hydrogens is 346 g/mol. The van der Waals surface area contributed by atoms with Crippen molar-refractivity contribution in [2.45, 2.75) is 0 Å². The fourth-order valence-electron chi connectivity index (χ4n) is 1.83. The number of hydrogen-bond acceptors (Lipinski definition) is 3. The Bertz CT molecular complexity index is 744. The fraction of sp³-hybridized carbons (Fsp3) is 0.133. The quantitative estimate of drug-likeness (QED) is 0.791. The molecule has 0 aromatic heterocycles. The van der Waals surface area contributed by atoms with Crippen LogP contribution in [0.25, 0.3) is 0 Å². The highest BCUT2D eigenvalue weighted by Crippen LogP contribution is 2.36. The number of methoxy groups -OCH3 is 2. The summed E-state index contributed by atoms with van der Waals surface area (Å²) in [5.74, 6) is -0.351. The monoisotopic (exact) mass is 358 g/mol. The Hall–Kier alpha value is -2.12. The van der Waals surface area contributed by atoms with E-state index in [0.29, 0.717) is 22.2 Å². The SMILES string of the molecule is COc1cc(OC)c(NC(=S)Nc2cc(F)ccc2F)cc1Cl. The standard InChI is InChI=1S/C15H13ClF2N2O2S/c1-21-13-7-14(22-2)12(6-9(13)16)20-15(23)19-11-5-8(17)3-4-10(11)18/h3-7H,1-2H3,(H2,19,20,23). The first kappa shape index (κ1) is 17.2. The van der Waals surface area contributed by atoms with Gasteiger partial charge in [-0.15, -0.1) is 0 Å². The van der Waals surface area contributed by atoms with Crippen LogP contribution in [0, 0.1) is 11.6 Å². The number of nitrogens with one attached hydrogen (secondary N) is 2. The second kappa shape index (κ2) is 7.43. The minimum atomic E-state index is -0.629. The van der Waals surface area contributed by atoms with Gasteiger partial charge < -0.3 is 20.1 Å². The molecule has 0 aliphatic carbocycles. The lowest BCUT2D eigenvalue weighted by atomic mass is 10.2. The lowest BCUT2D eigenvalue weighted by Crippen LogP contribution is -2.20. The van der Waals surface area contributed by atoms with E-state index in [1.165, 1.54) is 14.2 Å². The van der Waals surface area contributed by atoms with Gasteiger partial charge in [-0.3, -0.25) is 0 Å². The molecule has 2 aromatic rings. The molecular formula is C15H13ClF2N2O2S. The summed E-state index contributed by atoms with van der Waals surface area (Å²) in [6.45, 7) is 0. The molecule has 122 valence electrons. The van der Waals surface area contributed by atoms with E-state index in [1.54, 1.807) is 12.1 Å². The summed E-state index contributed by atoms with van der Waals surface area (Å²) in [7, 11) is 2.95. The van der Waals surface area contributed by atoms with Gasteiger partial charge in [0.15, 0.2) is 5.11 Å². The number of halogens is 3. The van der Waals surface area contributed by atoms with Crippen LogP contribution in [-0.2, 0) is 0 Å². The molecule has 0 unspecified atom stereocenters. The van der Waals surface area contributed by atoms with Crippen LogP contribution in [0.4, 0.5) is 20.2 Å². The van der Waals surface area contributed by atoms with Gasteiger partial charge >= 0.3 is 0 Å². The van der Waals surface area contributed by atoms with E-state index in [-0.39, 0.29) is 10.8 Å². The van der Waals surface area contributed by atoms with Crippen molar-refractivity contribution >= 4 is 40.3 Å². The van der Waals surface area contributed by atoms with Gasteiger partial charge in [0, 0.05) is 12.1 Å². The Balaban J connectivity index is 2.20. The van der Waals surface area contributed by atoms with Crippen molar-refractivity contribution in [1.82, 2.24) is 0 Å². The number of hydrogen-bond donors (Lipinski definition) is 2. The number of anilines is 2. The van der Waals surface area contributed by atoms with Crippen LogP contribution in [0.1, 0.15) is 0 Å². The van der Waals surface area contributed by atoms with E-state index < -0.39 is 11.6 Å². The first-order valence-corrected chi connectivity index (χ1v) is 7.17. The van der Waals surface area contributed by atoms with Crippen molar-refractivity contribution in [3.63, 3.8) is 0 Å². The zero-order valence-corrected chi connectivity index (χ0v) is 13.8. The third-order valence-corrected chi connectivity index (χ3v) is 3.40. The fourth-order valence-corrected chi connectivity index (χ4v) is 2.29. The van der Waals surface area contributed by atoms with Crippen LogP contribution >= 0.6 is 23.8 Å². The zero-order valence-electron chi connectivity index (χ0n) is 12.2. The Morgan fingerprint density at radius 2 is 1.65 bits per heavy atom. The van der Waals surface area contributed by atoms with Crippen molar-refractivity contribution in [1.29, 1.82) is 0 Å². The van der Waals surface area contributed by atoms with Crippen LogP contribution in [0.2, 0.25) is 5.02 Å². The maximum atomic E-state index is 13.6. The van der Waals surface area contributed by atoms with Gasteiger partial charge in [0.25, 0.3) is 0 Å². The molecule has 0 aliphatic rings. The van der Waals surface area contributed by atoms with Gasteiger partial charge in [-0.25, -0.2) is 8.78 Å². The number of ether oxygens (including phenoxy) is 2. The third-order valence-electron chi connectivity index (χ3n) is 2.90. The van der Waals surface area contributed by atoms with Crippen molar-refractivity contribution in [3.8, 4) is 11.5 Å². The second-order valence-corrected chi connectivity index (χ2v) is 5.21. The Morgan fingerprint density at radius 3 is 2.30 bits per heavy atom. The normalized spacial score (nSPS) is 10.1. The molecule has 23 heavy (non-hydrogen) atoms. The lowest BCUT2D eigenvalue weighted by Gasteiger charge is -2.15. The molecule has 0 heterocycles. The summed E-state index contributed by atoms with van der Waals surface area (Å²) in [6, 6.07) is 6.15. The summed E-state index contributed by atoms with van der Waals surface area (Å²) in [5.41, 5.74) is 0.369. The van der Waals surface area contributed by atoms with Gasteiger partial charge in [-0.05, 0) is 30.4 Å². The molecule has 2 aromatic carbocycles. The molecule has 0 atom stereocenters. The highest BCUT2D eigenvalue weighted by atomic mass is 35.5. The van der Waals surface area contributed by atoms with Crippen molar-refractivity contribution < 1.29 is 18.3 Å². The first-order chi connectivity index (χ1) is 10.9. The largest absolute Gasteiger partial charge is 0.495 e. The van der Waals surface area contributed by atoms with Crippen molar-refractivity contribution in [2.24, 2.45) is 0 Å². The van der Waals surface area contributed by atoms with Gasteiger partial charge in [0.1, 0.15) is 23.1 Å². The smallest absolute Gasteiger partial charge is 0.175 e. The predicted octanol–water partition coefficient (Wildman–Crippen LogP) is 4.44. The van der Waals surface area contributed by atoms with Gasteiger partial charge in [0.05, 0.1) is 30.6 Å². The zero-order chi connectivity index (χ0) is 17.0. The lowest BCUT2D eigenvalue weighted by molar-refractivity contribution is 0.396. The highest BCUT2D eigenvalue weighted by molar-refractivity contribution is 7.80. The summed E-state index contributed by atoms with van der Waals surface area (Å²) in [6.07, 6.45) is 0. The molecule has 0 aliphatic heterocycles. The van der Waals surface area contributed by atoms with E-state index in [4.69, 9.17) is 33.3 Å². The van der Waals surface area contributed by atoms with Gasteiger partial charge in [0.2, 0.25) is 0 Å². The molecule has 0 spiro atoms. The summed E-state index contributed by atoms with van der Waals surface area (Å²) < 4.78 is 37.1. The Labute approximate surface area is 142 Å². The summed E-state index contributed by atoms with van der Waals surface area (Å²) in [5, 5.41) is 5.78. The average Bonchev–Trinajstić information content (AvgIpc) is 2.51. The van der Waals surface area contributed by atoms with Crippen LogP contribution in [0.3, 0.4) is 0 Å². The van der Waals surface area contributed by atoms with Crippen LogP contribution in [-0.4, -0.2) is 19.3 Å².